The summed E-state index contributed by atoms with van der Waals surface area (Å²) < 4.78 is 0. The lowest BCUT2D eigenvalue weighted by atomic mass is 10.1. The van der Waals surface area contributed by atoms with Crippen molar-refractivity contribution >= 4 is 17.1 Å². The molecule has 1 aliphatic rings. The summed E-state index contributed by atoms with van der Waals surface area (Å²) in [7, 11) is 0. The van der Waals surface area contributed by atoms with Gasteiger partial charge in [0.05, 0.1) is 16.3 Å². The number of nitrogens with zero attached hydrogens (tertiary/aromatic N) is 2. The number of hydrogen-bond acceptors (Lipinski definition) is 4. The predicted molar refractivity (Wildman–Crippen MR) is 82.4 cm³/mol. The van der Waals surface area contributed by atoms with Crippen LogP contribution in [0.25, 0.3) is 0 Å². The van der Waals surface area contributed by atoms with Gasteiger partial charge in [0.25, 0.3) is 5.69 Å². The first-order valence-corrected chi connectivity index (χ1v) is 6.87. The molecule has 21 heavy (non-hydrogen) atoms. The molecule has 0 amide bonds. The van der Waals surface area contributed by atoms with Crippen LogP contribution in [0, 0.1) is 16.0 Å². The second kappa shape index (κ2) is 5.75. The molecule has 0 spiro atoms. The Morgan fingerprint density at radius 3 is 2.33 bits per heavy atom. The Balaban J connectivity index is 1.78. The summed E-state index contributed by atoms with van der Waals surface area (Å²) in [5.41, 5.74) is 5.99. The van der Waals surface area contributed by atoms with Crippen molar-refractivity contribution < 1.29 is 4.92 Å². The van der Waals surface area contributed by atoms with E-state index in [2.05, 4.69) is 22.7 Å². The third kappa shape index (κ3) is 3.25. The summed E-state index contributed by atoms with van der Waals surface area (Å²) in [5, 5.41) is 15.1. The van der Waals surface area contributed by atoms with E-state index in [9.17, 15) is 10.1 Å². The topological polar surface area (TPSA) is 67.5 Å². The zero-order chi connectivity index (χ0) is 14.7. The summed E-state index contributed by atoms with van der Waals surface area (Å²) in [6.07, 6.45) is 2.32. The molecular formula is C16H15N3O2. The van der Waals surface area contributed by atoms with E-state index in [-0.39, 0.29) is 5.69 Å². The summed E-state index contributed by atoms with van der Waals surface area (Å²) in [4.78, 5) is 10.2. The molecule has 3 rings (SSSR count). The first kappa shape index (κ1) is 13.3. The lowest BCUT2D eigenvalue weighted by Crippen LogP contribution is -2.06. The number of rotatable bonds is 5. The van der Waals surface area contributed by atoms with Crippen LogP contribution in [0.1, 0.15) is 18.4 Å². The molecule has 0 aliphatic heterocycles. The minimum absolute atomic E-state index is 0.0787. The third-order valence-corrected chi connectivity index (χ3v) is 3.42. The van der Waals surface area contributed by atoms with Crippen LogP contribution in [0.4, 0.5) is 11.4 Å². The number of nitro benzene ring substituents is 1. The Bertz CT molecular complexity index is 662. The number of anilines is 1. The van der Waals surface area contributed by atoms with Crippen molar-refractivity contribution in [1.82, 2.24) is 0 Å². The molecule has 0 atom stereocenters. The maximum absolute atomic E-state index is 10.6. The normalized spacial score (nSPS) is 14.8. The molecule has 0 unspecified atom stereocenters. The Kier molecular flexibility index (Phi) is 3.64. The Morgan fingerprint density at radius 1 is 1.10 bits per heavy atom. The van der Waals surface area contributed by atoms with Gasteiger partial charge in [-0.25, -0.2) is 0 Å². The van der Waals surface area contributed by atoms with Crippen molar-refractivity contribution in [3.05, 3.63) is 70.3 Å². The van der Waals surface area contributed by atoms with Crippen LogP contribution in [-0.4, -0.2) is 10.6 Å². The molecule has 0 saturated heterocycles. The maximum atomic E-state index is 10.6. The first-order chi connectivity index (χ1) is 10.2. The molecular weight excluding hydrogens is 266 g/mol. The largest absolute Gasteiger partial charge is 0.278 e. The standard InChI is InChI=1S/C16H15N3O2/c20-19(21)15-10-8-14(9-11-15)17-18-16(13-6-7-13)12-4-2-1-3-5-12/h1-5,8-11,13,17H,6-7H2. The van der Waals surface area contributed by atoms with Gasteiger partial charge >= 0.3 is 0 Å². The molecule has 106 valence electrons. The summed E-state index contributed by atoms with van der Waals surface area (Å²) >= 11 is 0. The molecule has 5 heteroatoms. The van der Waals surface area contributed by atoms with Crippen LogP contribution in [0.3, 0.4) is 0 Å². The predicted octanol–water partition coefficient (Wildman–Crippen LogP) is 3.82. The molecule has 1 N–H and O–H groups in total. The molecule has 1 saturated carbocycles. The summed E-state index contributed by atoms with van der Waals surface area (Å²) in [5.74, 6) is 0.512. The van der Waals surface area contributed by atoms with Gasteiger partial charge in [0, 0.05) is 18.1 Å². The van der Waals surface area contributed by atoms with Gasteiger partial charge in [0.1, 0.15) is 0 Å². The second-order valence-corrected chi connectivity index (χ2v) is 5.05. The fourth-order valence-electron chi connectivity index (χ4n) is 2.14. The van der Waals surface area contributed by atoms with Crippen molar-refractivity contribution in [3.8, 4) is 0 Å². The molecule has 0 heterocycles. The molecule has 0 bridgehead atoms. The van der Waals surface area contributed by atoms with Crippen LogP contribution in [0.15, 0.2) is 59.7 Å². The van der Waals surface area contributed by atoms with E-state index in [1.807, 2.05) is 18.2 Å². The third-order valence-electron chi connectivity index (χ3n) is 3.42. The number of non-ortho nitro benzene ring substituents is 1. The molecule has 2 aromatic rings. The van der Waals surface area contributed by atoms with Gasteiger partial charge in [-0.15, -0.1) is 0 Å². The first-order valence-electron chi connectivity index (χ1n) is 6.87. The minimum atomic E-state index is -0.410. The lowest BCUT2D eigenvalue weighted by molar-refractivity contribution is -0.384. The highest BCUT2D eigenvalue weighted by atomic mass is 16.6. The highest BCUT2D eigenvalue weighted by Crippen LogP contribution is 2.33. The van der Waals surface area contributed by atoms with Crippen LogP contribution in [0.2, 0.25) is 0 Å². The summed E-state index contributed by atoms with van der Waals surface area (Å²) in [6, 6.07) is 16.3. The number of nitro groups is 1. The Labute approximate surface area is 122 Å². The Hall–Kier alpha value is -2.69. The summed E-state index contributed by atoms with van der Waals surface area (Å²) in [6.45, 7) is 0. The van der Waals surface area contributed by atoms with Crippen molar-refractivity contribution in [2.24, 2.45) is 11.0 Å². The van der Waals surface area contributed by atoms with Crippen molar-refractivity contribution in [1.29, 1.82) is 0 Å². The van der Waals surface area contributed by atoms with Crippen molar-refractivity contribution in [2.75, 3.05) is 5.43 Å². The number of hydrazone groups is 1. The average Bonchev–Trinajstić information content (AvgIpc) is 3.34. The second-order valence-electron chi connectivity index (χ2n) is 5.05. The fraction of sp³-hybridized carbons (Fsp3) is 0.188. The van der Waals surface area contributed by atoms with E-state index in [0.717, 1.165) is 29.8 Å². The Morgan fingerprint density at radius 2 is 1.76 bits per heavy atom. The SMILES string of the molecule is O=[N+]([O-])c1ccc(NN=C(c2ccccc2)C2CC2)cc1. The maximum Gasteiger partial charge on any atom is 0.269 e. The zero-order valence-electron chi connectivity index (χ0n) is 11.4. The van der Waals surface area contributed by atoms with Gasteiger partial charge in [-0.05, 0) is 30.5 Å². The monoisotopic (exact) mass is 281 g/mol. The van der Waals surface area contributed by atoms with E-state index < -0.39 is 4.92 Å². The average molecular weight is 281 g/mol. The van der Waals surface area contributed by atoms with Gasteiger partial charge in [-0.3, -0.25) is 15.5 Å². The van der Waals surface area contributed by atoms with Crippen LogP contribution in [-0.2, 0) is 0 Å². The molecule has 5 nitrogen and oxygen atoms in total. The number of benzene rings is 2. The van der Waals surface area contributed by atoms with Crippen LogP contribution >= 0.6 is 0 Å². The lowest BCUT2D eigenvalue weighted by Gasteiger charge is -2.06. The molecule has 1 aliphatic carbocycles. The molecule has 1 fully saturated rings. The highest BCUT2D eigenvalue weighted by Gasteiger charge is 2.28. The van der Waals surface area contributed by atoms with Crippen molar-refractivity contribution in [2.45, 2.75) is 12.8 Å². The van der Waals surface area contributed by atoms with Crippen LogP contribution < -0.4 is 5.43 Å². The molecule has 2 aromatic carbocycles. The zero-order valence-corrected chi connectivity index (χ0v) is 11.4. The van der Waals surface area contributed by atoms with Crippen molar-refractivity contribution in [3.63, 3.8) is 0 Å². The highest BCUT2D eigenvalue weighted by molar-refractivity contribution is 6.03. The fourth-order valence-corrected chi connectivity index (χ4v) is 2.14. The molecule has 0 radical (unpaired) electrons. The van der Waals surface area contributed by atoms with E-state index in [4.69, 9.17) is 0 Å². The van der Waals surface area contributed by atoms with Gasteiger partial charge in [-0.1, -0.05) is 30.3 Å². The van der Waals surface area contributed by atoms with Gasteiger partial charge in [0.2, 0.25) is 0 Å². The number of hydrogen-bond donors (Lipinski definition) is 1. The van der Waals surface area contributed by atoms with E-state index in [1.165, 1.54) is 12.1 Å². The van der Waals surface area contributed by atoms with E-state index >= 15 is 0 Å². The van der Waals surface area contributed by atoms with Gasteiger partial charge in [-0.2, -0.15) is 5.10 Å². The van der Waals surface area contributed by atoms with Gasteiger partial charge < -0.3 is 0 Å². The van der Waals surface area contributed by atoms with Crippen LogP contribution in [0.5, 0.6) is 0 Å². The minimum Gasteiger partial charge on any atom is -0.278 e. The van der Waals surface area contributed by atoms with Gasteiger partial charge in [0.15, 0.2) is 0 Å². The smallest absolute Gasteiger partial charge is 0.269 e. The quantitative estimate of drug-likeness (QED) is 0.514. The molecule has 0 aromatic heterocycles. The van der Waals surface area contributed by atoms with E-state index in [0.29, 0.717) is 5.92 Å². The van der Waals surface area contributed by atoms with E-state index in [1.54, 1.807) is 12.1 Å². The number of nitrogens with one attached hydrogen (secondary N) is 1.